The Morgan fingerprint density at radius 2 is 1.42 bits per heavy atom. The van der Waals surface area contributed by atoms with Crippen LogP contribution in [0.15, 0.2) is 72.8 Å². The van der Waals surface area contributed by atoms with Crippen molar-refractivity contribution >= 4 is 0 Å². The summed E-state index contributed by atoms with van der Waals surface area (Å²) in [5, 5.41) is 1.93. The largest absolute Gasteiger partial charge is 0.497 e. The quantitative estimate of drug-likeness (QED) is 0.274. The highest BCUT2D eigenvalue weighted by molar-refractivity contribution is 5.50. The van der Waals surface area contributed by atoms with Gasteiger partial charge in [0, 0.05) is 19.0 Å². The number of rotatable bonds is 8. The van der Waals surface area contributed by atoms with E-state index in [4.69, 9.17) is 9.57 Å². The Hall–Kier alpha value is -2.62. The van der Waals surface area contributed by atoms with Crippen LogP contribution in [0.2, 0.25) is 0 Å². The fourth-order valence-corrected chi connectivity index (χ4v) is 4.66. The van der Waals surface area contributed by atoms with Crippen molar-refractivity contribution in [3.05, 3.63) is 101 Å². The SMILES string of the molecule is CCON(CC)CC.COc1ccc(C(c2ccccc2)c2cccc3c2CCCC3)cc1. The molecule has 0 aromatic heterocycles. The van der Waals surface area contributed by atoms with E-state index in [1.54, 1.807) is 12.7 Å². The molecule has 0 spiro atoms. The zero-order chi connectivity index (χ0) is 23.5. The molecule has 0 saturated carbocycles. The van der Waals surface area contributed by atoms with E-state index in [2.05, 4.69) is 86.6 Å². The van der Waals surface area contributed by atoms with Crippen LogP contribution in [0.4, 0.5) is 0 Å². The summed E-state index contributed by atoms with van der Waals surface area (Å²) < 4.78 is 5.35. The van der Waals surface area contributed by atoms with Gasteiger partial charge in [0.2, 0.25) is 0 Å². The molecule has 3 aromatic rings. The van der Waals surface area contributed by atoms with Crippen LogP contribution in [0.3, 0.4) is 0 Å². The summed E-state index contributed by atoms with van der Waals surface area (Å²) in [6, 6.07) is 26.3. The maximum absolute atomic E-state index is 5.35. The number of ether oxygens (including phenoxy) is 1. The summed E-state index contributed by atoms with van der Waals surface area (Å²) in [5.41, 5.74) is 7.25. The van der Waals surface area contributed by atoms with Crippen LogP contribution in [-0.2, 0) is 17.7 Å². The zero-order valence-corrected chi connectivity index (χ0v) is 20.7. The molecule has 0 aliphatic heterocycles. The van der Waals surface area contributed by atoms with Gasteiger partial charge < -0.3 is 4.74 Å². The number of hydrogen-bond donors (Lipinski definition) is 0. The zero-order valence-electron chi connectivity index (χ0n) is 20.7. The number of hydrogen-bond acceptors (Lipinski definition) is 3. The minimum absolute atomic E-state index is 0.278. The van der Waals surface area contributed by atoms with Gasteiger partial charge in [-0.1, -0.05) is 74.5 Å². The molecular weight excluding hydrogens is 406 g/mol. The third kappa shape index (κ3) is 6.69. The normalized spacial score (nSPS) is 13.6. The number of benzene rings is 3. The van der Waals surface area contributed by atoms with Crippen molar-refractivity contribution < 1.29 is 9.57 Å². The van der Waals surface area contributed by atoms with Gasteiger partial charge in [-0.2, -0.15) is 5.06 Å². The average Bonchev–Trinajstić information content (AvgIpc) is 2.89. The lowest BCUT2D eigenvalue weighted by Crippen LogP contribution is -2.22. The van der Waals surface area contributed by atoms with Gasteiger partial charge in [0.25, 0.3) is 0 Å². The Balaban J connectivity index is 0.000000331. The molecule has 1 aliphatic rings. The van der Waals surface area contributed by atoms with Crippen molar-refractivity contribution in [2.24, 2.45) is 0 Å². The second-order valence-electron chi connectivity index (χ2n) is 8.34. The first-order valence-electron chi connectivity index (χ1n) is 12.4. The van der Waals surface area contributed by atoms with Crippen molar-refractivity contribution in [2.75, 3.05) is 26.8 Å². The minimum atomic E-state index is 0.278. The van der Waals surface area contributed by atoms with E-state index in [-0.39, 0.29) is 5.92 Å². The van der Waals surface area contributed by atoms with Crippen LogP contribution in [0.5, 0.6) is 5.75 Å². The highest BCUT2D eigenvalue weighted by Gasteiger charge is 2.22. The molecule has 0 amide bonds. The van der Waals surface area contributed by atoms with Gasteiger partial charge >= 0.3 is 0 Å². The second-order valence-corrected chi connectivity index (χ2v) is 8.34. The van der Waals surface area contributed by atoms with Crippen LogP contribution < -0.4 is 4.74 Å². The molecule has 0 heterocycles. The Labute approximate surface area is 200 Å². The fourth-order valence-electron chi connectivity index (χ4n) is 4.66. The Bertz CT molecular complexity index is 949. The minimum Gasteiger partial charge on any atom is -0.497 e. The molecule has 0 bridgehead atoms. The molecule has 1 atom stereocenters. The number of hydroxylamine groups is 2. The van der Waals surface area contributed by atoms with Crippen LogP contribution in [0, 0.1) is 0 Å². The van der Waals surface area contributed by atoms with Crippen LogP contribution in [-0.4, -0.2) is 31.9 Å². The molecule has 3 aromatic carbocycles. The molecule has 1 unspecified atom stereocenters. The molecule has 3 nitrogen and oxygen atoms in total. The molecule has 176 valence electrons. The van der Waals surface area contributed by atoms with Gasteiger partial charge in [-0.15, -0.1) is 0 Å². The van der Waals surface area contributed by atoms with Gasteiger partial charge in [0.15, 0.2) is 0 Å². The molecule has 1 aliphatic carbocycles. The summed E-state index contributed by atoms with van der Waals surface area (Å²) in [7, 11) is 1.72. The molecule has 0 N–H and O–H groups in total. The van der Waals surface area contributed by atoms with Gasteiger partial charge in [0.1, 0.15) is 5.75 Å². The summed E-state index contributed by atoms with van der Waals surface area (Å²) >= 11 is 0. The number of fused-ring (bicyclic) bond motifs is 1. The summed E-state index contributed by atoms with van der Waals surface area (Å²) in [5.74, 6) is 1.19. The smallest absolute Gasteiger partial charge is 0.118 e. The predicted molar refractivity (Wildman–Crippen MR) is 138 cm³/mol. The van der Waals surface area contributed by atoms with E-state index in [0.717, 1.165) is 25.4 Å². The lowest BCUT2D eigenvalue weighted by Gasteiger charge is -2.26. The standard InChI is InChI=1S/C24H24O.C6H15NO/c1-25-21-16-14-20(15-17-21)24(19-9-3-2-4-10-19)23-13-7-11-18-8-5-6-12-22(18)23;1-4-7(5-2)8-6-3/h2-4,7,9-11,13-17,24H,5-6,8,12H2,1H3;4-6H2,1-3H3. The van der Waals surface area contributed by atoms with E-state index < -0.39 is 0 Å². The molecule has 0 radical (unpaired) electrons. The Kier molecular flexibility index (Phi) is 9.99. The van der Waals surface area contributed by atoms with Crippen molar-refractivity contribution in [1.82, 2.24) is 5.06 Å². The monoisotopic (exact) mass is 445 g/mol. The molecule has 4 rings (SSSR count). The number of aryl methyl sites for hydroxylation is 1. The lowest BCUT2D eigenvalue weighted by molar-refractivity contribution is -0.147. The number of nitrogens with zero attached hydrogens (tertiary/aromatic N) is 1. The third-order valence-electron chi connectivity index (χ3n) is 6.34. The number of methoxy groups -OCH3 is 1. The van der Waals surface area contributed by atoms with Crippen molar-refractivity contribution in [2.45, 2.75) is 52.4 Å². The van der Waals surface area contributed by atoms with Crippen LogP contribution in [0.1, 0.15) is 67.3 Å². The highest BCUT2D eigenvalue weighted by atomic mass is 16.7. The molecular formula is C30H39NO2. The van der Waals surface area contributed by atoms with Gasteiger partial charge in [-0.25, -0.2) is 0 Å². The third-order valence-corrected chi connectivity index (χ3v) is 6.34. The first kappa shape index (κ1) is 25.0. The molecule has 0 saturated heterocycles. The molecule has 3 heteroatoms. The predicted octanol–water partition coefficient (Wildman–Crippen LogP) is 7.03. The second kappa shape index (κ2) is 13.2. The fraction of sp³-hybridized carbons (Fsp3) is 0.400. The summed E-state index contributed by atoms with van der Waals surface area (Å²) in [6.45, 7) is 8.90. The van der Waals surface area contributed by atoms with Crippen molar-refractivity contribution in [1.29, 1.82) is 0 Å². The van der Waals surface area contributed by atoms with Crippen molar-refractivity contribution in [3.63, 3.8) is 0 Å². The van der Waals surface area contributed by atoms with E-state index >= 15 is 0 Å². The van der Waals surface area contributed by atoms with Crippen LogP contribution in [0.25, 0.3) is 0 Å². The van der Waals surface area contributed by atoms with E-state index in [9.17, 15) is 0 Å². The van der Waals surface area contributed by atoms with E-state index in [1.165, 1.54) is 47.9 Å². The molecule has 33 heavy (non-hydrogen) atoms. The van der Waals surface area contributed by atoms with E-state index in [0.29, 0.717) is 0 Å². The first-order chi connectivity index (χ1) is 16.2. The van der Waals surface area contributed by atoms with E-state index in [1.807, 2.05) is 12.0 Å². The first-order valence-corrected chi connectivity index (χ1v) is 12.4. The van der Waals surface area contributed by atoms with Gasteiger partial charge in [-0.05, 0) is 72.6 Å². The topological polar surface area (TPSA) is 21.7 Å². The maximum atomic E-state index is 5.35. The molecule has 0 fully saturated rings. The Morgan fingerprint density at radius 3 is 2.03 bits per heavy atom. The Morgan fingerprint density at radius 1 is 0.758 bits per heavy atom. The van der Waals surface area contributed by atoms with Crippen molar-refractivity contribution in [3.8, 4) is 5.75 Å². The van der Waals surface area contributed by atoms with Gasteiger partial charge in [0.05, 0.1) is 13.7 Å². The lowest BCUT2D eigenvalue weighted by atomic mass is 9.78. The van der Waals surface area contributed by atoms with Gasteiger partial charge in [-0.3, -0.25) is 4.84 Å². The van der Waals surface area contributed by atoms with Crippen LogP contribution >= 0.6 is 0 Å². The summed E-state index contributed by atoms with van der Waals surface area (Å²) in [6.07, 6.45) is 5.03. The summed E-state index contributed by atoms with van der Waals surface area (Å²) in [4.78, 5) is 5.17. The highest BCUT2D eigenvalue weighted by Crippen LogP contribution is 2.37. The average molecular weight is 446 g/mol. The maximum Gasteiger partial charge on any atom is 0.118 e.